The van der Waals surface area contributed by atoms with Crippen molar-refractivity contribution in [1.82, 2.24) is 20.3 Å². The van der Waals surface area contributed by atoms with E-state index in [1.165, 1.54) is 0 Å². The Balaban J connectivity index is 1.63. The third-order valence-electron chi connectivity index (χ3n) is 4.57. The molecule has 11 heteroatoms. The molecule has 2 aliphatic rings. The molecule has 0 aromatic heterocycles. The zero-order valence-corrected chi connectivity index (χ0v) is 18.7. The molecule has 2 aliphatic heterocycles. The molecule has 0 radical (unpaired) electrons. The molecule has 29 heavy (non-hydrogen) atoms. The van der Waals surface area contributed by atoms with Crippen LogP contribution >= 0.6 is 0 Å². The van der Waals surface area contributed by atoms with E-state index in [-0.39, 0.29) is 30.5 Å². The molecule has 2 saturated heterocycles. The summed E-state index contributed by atoms with van der Waals surface area (Å²) in [5.74, 6) is 0.444. The van der Waals surface area contributed by atoms with Gasteiger partial charge >= 0.3 is 6.09 Å². The third kappa shape index (κ3) is 8.75. The zero-order chi connectivity index (χ0) is 21.5. The summed E-state index contributed by atoms with van der Waals surface area (Å²) >= 11 is 0. The molecule has 0 spiro atoms. The second-order valence-corrected chi connectivity index (χ2v) is 10.3. The standard InChI is InChI=1S/C18H35N5O5S/c1-18(2,3)28-17(24)23-12-14(13-23)22-16(19-4)20-8-10-29(25,26)21-11-15-7-5-6-9-27-15/h14-15,21H,5-13H2,1-4H3,(H2,19,20,22). The van der Waals surface area contributed by atoms with Crippen LogP contribution in [0.2, 0.25) is 0 Å². The predicted octanol–water partition coefficient (Wildman–Crippen LogP) is 0.259. The van der Waals surface area contributed by atoms with Crippen molar-refractivity contribution in [1.29, 1.82) is 0 Å². The van der Waals surface area contributed by atoms with Gasteiger partial charge in [-0.1, -0.05) is 0 Å². The number of hydrogen-bond acceptors (Lipinski definition) is 6. The van der Waals surface area contributed by atoms with Gasteiger partial charge in [-0.3, -0.25) is 4.99 Å². The van der Waals surface area contributed by atoms with Gasteiger partial charge in [0, 0.05) is 39.8 Å². The molecule has 0 aromatic rings. The van der Waals surface area contributed by atoms with E-state index in [1.54, 1.807) is 11.9 Å². The number of carbonyl (C=O) groups excluding carboxylic acids is 1. The highest BCUT2D eigenvalue weighted by molar-refractivity contribution is 7.89. The number of rotatable bonds is 7. The van der Waals surface area contributed by atoms with E-state index in [0.717, 1.165) is 19.3 Å². The number of nitrogens with zero attached hydrogens (tertiary/aromatic N) is 2. The molecule has 2 fully saturated rings. The highest BCUT2D eigenvalue weighted by Gasteiger charge is 2.34. The van der Waals surface area contributed by atoms with E-state index < -0.39 is 15.6 Å². The van der Waals surface area contributed by atoms with Crippen molar-refractivity contribution < 1.29 is 22.7 Å². The first-order valence-electron chi connectivity index (χ1n) is 10.1. The normalized spacial score (nSPS) is 21.4. The average Bonchev–Trinajstić information content (AvgIpc) is 2.60. The van der Waals surface area contributed by atoms with Gasteiger partial charge in [0.05, 0.1) is 17.9 Å². The van der Waals surface area contributed by atoms with Gasteiger partial charge in [-0.15, -0.1) is 0 Å². The highest BCUT2D eigenvalue weighted by atomic mass is 32.2. The zero-order valence-electron chi connectivity index (χ0n) is 17.9. The Morgan fingerprint density at radius 1 is 1.28 bits per heavy atom. The van der Waals surface area contributed by atoms with Crippen LogP contribution in [0, 0.1) is 0 Å². The predicted molar refractivity (Wildman–Crippen MR) is 111 cm³/mol. The van der Waals surface area contributed by atoms with E-state index >= 15 is 0 Å². The number of carbonyl (C=O) groups is 1. The first-order chi connectivity index (χ1) is 13.6. The average molecular weight is 434 g/mol. The SMILES string of the molecule is CN=C(NCCS(=O)(=O)NCC1CCCCO1)NC1CN(C(=O)OC(C)(C)C)C1. The Morgan fingerprint density at radius 2 is 2.00 bits per heavy atom. The fourth-order valence-corrected chi connectivity index (χ4v) is 3.95. The minimum atomic E-state index is -3.39. The number of likely N-dealkylation sites (tertiary alicyclic amines) is 1. The van der Waals surface area contributed by atoms with Crippen LogP contribution in [-0.2, 0) is 19.5 Å². The van der Waals surface area contributed by atoms with Gasteiger partial charge in [0.25, 0.3) is 0 Å². The molecule has 0 aromatic carbocycles. The third-order valence-corrected chi connectivity index (χ3v) is 5.91. The van der Waals surface area contributed by atoms with E-state index in [4.69, 9.17) is 9.47 Å². The smallest absolute Gasteiger partial charge is 0.410 e. The Bertz CT molecular complexity index is 665. The van der Waals surface area contributed by atoms with Gasteiger partial charge in [-0.2, -0.15) is 0 Å². The summed E-state index contributed by atoms with van der Waals surface area (Å²) in [5.41, 5.74) is -0.518. The van der Waals surface area contributed by atoms with Crippen LogP contribution in [0.3, 0.4) is 0 Å². The number of nitrogens with one attached hydrogen (secondary N) is 3. The minimum absolute atomic E-state index is 0.0348. The van der Waals surface area contributed by atoms with Gasteiger partial charge in [0.15, 0.2) is 5.96 Å². The van der Waals surface area contributed by atoms with Crippen molar-refractivity contribution in [2.45, 2.75) is 57.8 Å². The van der Waals surface area contributed by atoms with Crippen LogP contribution in [0.5, 0.6) is 0 Å². The summed E-state index contributed by atoms with van der Waals surface area (Å²) in [5, 5.41) is 6.17. The summed E-state index contributed by atoms with van der Waals surface area (Å²) < 4.78 is 37.7. The quantitative estimate of drug-likeness (QED) is 0.389. The first-order valence-corrected chi connectivity index (χ1v) is 11.8. The molecular weight excluding hydrogens is 398 g/mol. The maximum Gasteiger partial charge on any atom is 0.410 e. The summed E-state index contributed by atoms with van der Waals surface area (Å²) in [7, 11) is -1.77. The lowest BCUT2D eigenvalue weighted by Crippen LogP contribution is -2.63. The van der Waals surface area contributed by atoms with E-state index in [1.807, 2.05) is 20.8 Å². The van der Waals surface area contributed by atoms with Crippen LogP contribution in [0.15, 0.2) is 4.99 Å². The summed E-state index contributed by atoms with van der Waals surface area (Å²) in [6, 6.07) is 0.0481. The topological polar surface area (TPSA) is 121 Å². The molecule has 1 amide bonds. The van der Waals surface area contributed by atoms with Crippen LogP contribution in [0.1, 0.15) is 40.0 Å². The van der Waals surface area contributed by atoms with Crippen LogP contribution in [-0.4, -0.2) is 88.7 Å². The van der Waals surface area contributed by atoms with Crippen molar-refractivity contribution in [2.75, 3.05) is 45.6 Å². The number of guanidine groups is 1. The Hall–Kier alpha value is -1.59. The van der Waals surface area contributed by atoms with Crippen molar-refractivity contribution >= 4 is 22.1 Å². The van der Waals surface area contributed by atoms with Crippen LogP contribution < -0.4 is 15.4 Å². The van der Waals surface area contributed by atoms with Gasteiger partial charge in [-0.05, 0) is 40.0 Å². The van der Waals surface area contributed by atoms with Crippen molar-refractivity contribution in [3.05, 3.63) is 0 Å². The molecule has 168 valence electrons. The van der Waals surface area contributed by atoms with Crippen molar-refractivity contribution in [2.24, 2.45) is 4.99 Å². The van der Waals surface area contributed by atoms with Gasteiger partial charge < -0.3 is 25.0 Å². The van der Waals surface area contributed by atoms with Crippen molar-refractivity contribution in [3.8, 4) is 0 Å². The lowest BCUT2D eigenvalue weighted by Gasteiger charge is -2.40. The second-order valence-electron chi connectivity index (χ2n) is 8.38. The molecule has 10 nitrogen and oxygen atoms in total. The molecule has 0 bridgehead atoms. The maximum atomic E-state index is 12.1. The first kappa shape index (κ1) is 23.7. The summed E-state index contributed by atoms with van der Waals surface area (Å²) in [4.78, 5) is 17.7. The van der Waals surface area contributed by atoms with E-state index in [2.05, 4.69) is 20.3 Å². The number of hydrogen-bond donors (Lipinski definition) is 3. The van der Waals surface area contributed by atoms with Crippen LogP contribution in [0.25, 0.3) is 0 Å². The lowest BCUT2D eigenvalue weighted by atomic mass is 10.1. The monoisotopic (exact) mass is 433 g/mol. The summed E-state index contributed by atoms with van der Waals surface area (Å²) in [6.07, 6.45) is 2.63. The minimum Gasteiger partial charge on any atom is -0.444 e. The largest absolute Gasteiger partial charge is 0.444 e. The Kier molecular flexibility index (Phi) is 8.53. The second kappa shape index (κ2) is 10.4. The number of amides is 1. The lowest BCUT2D eigenvalue weighted by molar-refractivity contribution is 0.00700. The number of sulfonamides is 1. The fraction of sp³-hybridized carbons (Fsp3) is 0.889. The van der Waals surface area contributed by atoms with Crippen LogP contribution in [0.4, 0.5) is 4.79 Å². The fourth-order valence-electron chi connectivity index (χ4n) is 3.00. The highest BCUT2D eigenvalue weighted by Crippen LogP contribution is 2.15. The number of ether oxygens (including phenoxy) is 2. The molecular formula is C18H35N5O5S. The summed E-state index contributed by atoms with van der Waals surface area (Å²) in [6.45, 7) is 7.75. The maximum absolute atomic E-state index is 12.1. The van der Waals surface area contributed by atoms with Gasteiger partial charge in [0.2, 0.25) is 10.0 Å². The van der Waals surface area contributed by atoms with Gasteiger partial charge in [-0.25, -0.2) is 17.9 Å². The molecule has 0 saturated carbocycles. The molecule has 1 unspecified atom stereocenters. The van der Waals surface area contributed by atoms with Crippen molar-refractivity contribution in [3.63, 3.8) is 0 Å². The molecule has 3 N–H and O–H groups in total. The molecule has 1 atom stereocenters. The molecule has 2 heterocycles. The van der Waals surface area contributed by atoms with E-state index in [0.29, 0.717) is 32.2 Å². The molecule has 2 rings (SSSR count). The Morgan fingerprint density at radius 3 is 2.59 bits per heavy atom. The van der Waals surface area contributed by atoms with E-state index in [9.17, 15) is 13.2 Å². The number of aliphatic imine (C=N–C) groups is 1. The van der Waals surface area contributed by atoms with Gasteiger partial charge in [0.1, 0.15) is 5.60 Å². The molecule has 0 aliphatic carbocycles. The Labute approximate surface area is 173 Å².